The summed E-state index contributed by atoms with van der Waals surface area (Å²) in [5.74, 6) is -0.242. The molecule has 0 spiro atoms. The number of carbonyl (C=O) groups is 2. The summed E-state index contributed by atoms with van der Waals surface area (Å²) >= 11 is 0. The van der Waals surface area contributed by atoms with Gasteiger partial charge in [0.2, 0.25) is 0 Å². The van der Waals surface area contributed by atoms with E-state index >= 15 is 0 Å². The van der Waals surface area contributed by atoms with E-state index in [0.29, 0.717) is 19.8 Å². The van der Waals surface area contributed by atoms with Crippen molar-refractivity contribution in [3.63, 3.8) is 0 Å². The van der Waals surface area contributed by atoms with Crippen molar-refractivity contribution in [2.24, 2.45) is 5.73 Å². The Balaban J connectivity index is 3.75. The number of nitrogens with two attached hydrogens (primary N) is 1. The predicted octanol–water partition coefficient (Wildman–Crippen LogP) is 1.28. The van der Waals surface area contributed by atoms with E-state index in [2.05, 4.69) is 4.74 Å². The van der Waals surface area contributed by atoms with E-state index in [9.17, 15) is 9.59 Å². The first-order chi connectivity index (χ1) is 10.1. The number of unbranched alkanes of at least 4 members (excludes halogenated alkanes) is 3. The Labute approximate surface area is 126 Å². The number of ether oxygens (including phenoxy) is 4. The number of carbonyl (C=O) groups excluding carboxylic acids is 2. The van der Waals surface area contributed by atoms with Crippen molar-refractivity contribution in [3.8, 4) is 0 Å². The minimum Gasteiger partial charge on any atom is -0.431 e. The maximum absolute atomic E-state index is 11.2. The van der Waals surface area contributed by atoms with E-state index in [1.807, 2.05) is 0 Å². The molecule has 21 heavy (non-hydrogen) atoms. The largest absolute Gasteiger partial charge is 0.508 e. The topological polar surface area (TPSA) is 97.1 Å². The Morgan fingerprint density at radius 3 is 2.38 bits per heavy atom. The fourth-order valence-electron chi connectivity index (χ4n) is 1.54. The number of Topliss-reactive ketones (excluding diaryl/α,β-unsaturated/α-hetero) is 1. The molecular weight excluding hydrogens is 278 g/mol. The standard InChI is InChI=1S/C14H27NO6/c1-12(16)9-20-14(17)21-11-13(10-18-2)19-8-6-4-3-5-7-15/h13H,3-11,15H2,1-2H3. The van der Waals surface area contributed by atoms with Gasteiger partial charge in [0.25, 0.3) is 0 Å². The summed E-state index contributed by atoms with van der Waals surface area (Å²) in [7, 11) is 1.55. The fraction of sp³-hybridized carbons (Fsp3) is 0.857. The van der Waals surface area contributed by atoms with Gasteiger partial charge in [-0.25, -0.2) is 4.79 Å². The third-order valence-electron chi connectivity index (χ3n) is 2.58. The SMILES string of the molecule is COCC(COC(=O)OCC(C)=O)OCCCCCCN. The maximum atomic E-state index is 11.2. The monoisotopic (exact) mass is 305 g/mol. The molecule has 1 atom stereocenters. The summed E-state index contributed by atoms with van der Waals surface area (Å²) in [5, 5.41) is 0. The molecule has 0 aliphatic heterocycles. The molecule has 0 aromatic heterocycles. The third-order valence-corrected chi connectivity index (χ3v) is 2.58. The highest BCUT2D eigenvalue weighted by Gasteiger charge is 2.13. The lowest BCUT2D eigenvalue weighted by atomic mass is 10.2. The van der Waals surface area contributed by atoms with Crippen molar-refractivity contribution in [2.75, 3.05) is 40.1 Å². The van der Waals surface area contributed by atoms with E-state index in [4.69, 9.17) is 19.9 Å². The lowest BCUT2D eigenvalue weighted by Crippen LogP contribution is -2.27. The van der Waals surface area contributed by atoms with Crippen LogP contribution in [0, 0.1) is 0 Å². The molecule has 0 aliphatic carbocycles. The Morgan fingerprint density at radius 1 is 1.05 bits per heavy atom. The molecular formula is C14H27NO6. The zero-order valence-corrected chi connectivity index (χ0v) is 13.0. The van der Waals surface area contributed by atoms with Gasteiger partial charge in [-0.05, 0) is 26.3 Å². The normalized spacial score (nSPS) is 12.0. The van der Waals surface area contributed by atoms with Crippen LogP contribution in [-0.2, 0) is 23.7 Å². The van der Waals surface area contributed by atoms with E-state index in [1.54, 1.807) is 7.11 Å². The lowest BCUT2D eigenvalue weighted by Gasteiger charge is -2.17. The van der Waals surface area contributed by atoms with Gasteiger partial charge in [0.05, 0.1) is 6.61 Å². The Hall–Kier alpha value is -1.18. The number of rotatable bonds is 13. The summed E-state index contributed by atoms with van der Waals surface area (Å²) in [6, 6.07) is 0. The first kappa shape index (κ1) is 19.8. The molecule has 0 aliphatic rings. The van der Waals surface area contributed by atoms with Crippen LogP contribution in [0.3, 0.4) is 0 Å². The van der Waals surface area contributed by atoms with Crippen molar-refractivity contribution >= 4 is 11.9 Å². The number of methoxy groups -OCH3 is 1. The molecule has 124 valence electrons. The zero-order valence-electron chi connectivity index (χ0n) is 13.0. The van der Waals surface area contributed by atoms with Gasteiger partial charge >= 0.3 is 6.16 Å². The van der Waals surface area contributed by atoms with Crippen LogP contribution in [0.15, 0.2) is 0 Å². The van der Waals surface area contributed by atoms with E-state index in [1.165, 1.54) is 6.92 Å². The van der Waals surface area contributed by atoms with Crippen molar-refractivity contribution in [1.82, 2.24) is 0 Å². The second-order valence-corrected chi connectivity index (χ2v) is 4.70. The Morgan fingerprint density at radius 2 is 1.76 bits per heavy atom. The molecule has 1 unspecified atom stereocenters. The van der Waals surface area contributed by atoms with Crippen LogP contribution in [0.25, 0.3) is 0 Å². The Bertz CT molecular complexity index is 285. The highest BCUT2D eigenvalue weighted by molar-refractivity contribution is 5.78. The van der Waals surface area contributed by atoms with Gasteiger partial charge in [-0.1, -0.05) is 12.8 Å². The molecule has 7 nitrogen and oxygen atoms in total. The molecule has 0 radical (unpaired) electrons. The van der Waals surface area contributed by atoms with Crippen molar-refractivity contribution in [3.05, 3.63) is 0 Å². The molecule has 0 fully saturated rings. The second kappa shape index (κ2) is 13.8. The van der Waals surface area contributed by atoms with Crippen LogP contribution in [0.4, 0.5) is 4.79 Å². The third kappa shape index (κ3) is 13.6. The molecule has 0 heterocycles. The molecule has 0 saturated carbocycles. The summed E-state index contributed by atoms with van der Waals surface area (Å²) in [5.41, 5.74) is 5.41. The number of hydrogen-bond acceptors (Lipinski definition) is 7. The molecule has 2 N–H and O–H groups in total. The van der Waals surface area contributed by atoms with Crippen molar-refractivity contribution < 1.29 is 28.5 Å². The van der Waals surface area contributed by atoms with Crippen LogP contribution >= 0.6 is 0 Å². The van der Waals surface area contributed by atoms with Crippen LogP contribution < -0.4 is 5.73 Å². The van der Waals surface area contributed by atoms with Crippen LogP contribution in [0.5, 0.6) is 0 Å². The molecule has 0 rings (SSSR count). The molecule has 0 aromatic rings. The van der Waals surface area contributed by atoms with Gasteiger partial charge < -0.3 is 24.7 Å². The quantitative estimate of drug-likeness (QED) is 0.404. The average Bonchev–Trinajstić information content (AvgIpc) is 2.46. The summed E-state index contributed by atoms with van der Waals surface area (Å²) in [4.78, 5) is 21.9. The molecule has 0 amide bonds. The smallest absolute Gasteiger partial charge is 0.431 e. The van der Waals surface area contributed by atoms with Gasteiger partial charge in [0.1, 0.15) is 12.7 Å². The first-order valence-electron chi connectivity index (χ1n) is 7.19. The molecule has 7 heteroatoms. The predicted molar refractivity (Wildman–Crippen MR) is 77.1 cm³/mol. The first-order valence-corrected chi connectivity index (χ1v) is 7.19. The zero-order chi connectivity index (χ0) is 15.9. The van der Waals surface area contributed by atoms with E-state index in [0.717, 1.165) is 25.7 Å². The van der Waals surface area contributed by atoms with Crippen LogP contribution in [0.2, 0.25) is 0 Å². The summed E-state index contributed by atoms with van der Waals surface area (Å²) < 4.78 is 20.0. The van der Waals surface area contributed by atoms with Gasteiger partial charge in [-0.15, -0.1) is 0 Å². The van der Waals surface area contributed by atoms with Crippen molar-refractivity contribution in [1.29, 1.82) is 0 Å². The number of hydrogen-bond donors (Lipinski definition) is 1. The van der Waals surface area contributed by atoms with Gasteiger partial charge in [0, 0.05) is 13.7 Å². The van der Waals surface area contributed by atoms with Crippen LogP contribution in [0.1, 0.15) is 32.6 Å². The van der Waals surface area contributed by atoms with E-state index in [-0.39, 0.29) is 25.1 Å². The van der Waals surface area contributed by atoms with E-state index < -0.39 is 6.16 Å². The van der Waals surface area contributed by atoms with Crippen molar-refractivity contribution in [2.45, 2.75) is 38.7 Å². The lowest BCUT2D eigenvalue weighted by molar-refractivity contribution is -0.121. The average molecular weight is 305 g/mol. The van der Waals surface area contributed by atoms with Gasteiger partial charge in [-0.2, -0.15) is 0 Å². The second-order valence-electron chi connectivity index (χ2n) is 4.70. The molecule has 0 bridgehead atoms. The number of ketones is 1. The fourth-order valence-corrected chi connectivity index (χ4v) is 1.54. The molecule has 0 saturated heterocycles. The Kier molecular flexibility index (Phi) is 13.0. The van der Waals surface area contributed by atoms with Gasteiger partial charge in [-0.3, -0.25) is 4.79 Å². The summed E-state index contributed by atoms with van der Waals surface area (Å²) in [6.45, 7) is 2.69. The van der Waals surface area contributed by atoms with Crippen LogP contribution in [-0.4, -0.2) is 58.1 Å². The van der Waals surface area contributed by atoms with Gasteiger partial charge in [0.15, 0.2) is 12.4 Å². The molecule has 0 aromatic carbocycles. The summed E-state index contributed by atoms with van der Waals surface area (Å²) in [6.07, 6.45) is 2.87. The minimum atomic E-state index is -0.877. The maximum Gasteiger partial charge on any atom is 0.508 e. The highest BCUT2D eigenvalue weighted by Crippen LogP contribution is 2.02. The minimum absolute atomic E-state index is 0.0351. The highest BCUT2D eigenvalue weighted by atomic mass is 16.7.